The molecular formula is C19H21N3OS2. The predicted octanol–water partition coefficient (Wildman–Crippen LogP) is 4.06. The number of hydrogen-bond donors (Lipinski definition) is 1. The molecule has 0 aromatic carbocycles. The van der Waals surface area contributed by atoms with E-state index in [0.717, 1.165) is 24.2 Å². The molecule has 1 atom stereocenters. The van der Waals surface area contributed by atoms with Crippen molar-refractivity contribution in [3.63, 3.8) is 0 Å². The van der Waals surface area contributed by atoms with Crippen molar-refractivity contribution in [1.29, 1.82) is 0 Å². The first kappa shape index (κ1) is 16.5. The van der Waals surface area contributed by atoms with Gasteiger partial charge in [-0.2, -0.15) is 5.10 Å². The molecule has 4 rings (SSSR count). The zero-order valence-corrected chi connectivity index (χ0v) is 16.0. The SMILES string of the molecule is Cc1cc(C)n(C(CNC(=O)C2(c3cccs3)CC2)c2cccs2)n1. The zero-order chi connectivity index (χ0) is 17.4. The van der Waals surface area contributed by atoms with Crippen molar-refractivity contribution in [3.8, 4) is 0 Å². The van der Waals surface area contributed by atoms with Crippen LogP contribution in [-0.4, -0.2) is 22.2 Å². The summed E-state index contributed by atoms with van der Waals surface area (Å²) in [5, 5.41) is 12.0. The normalized spacial score (nSPS) is 16.6. The van der Waals surface area contributed by atoms with Gasteiger partial charge in [0.05, 0.1) is 11.1 Å². The van der Waals surface area contributed by atoms with Gasteiger partial charge in [-0.25, -0.2) is 0 Å². The molecule has 0 aliphatic heterocycles. The lowest BCUT2D eigenvalue weighted by molar-refractivity contribution is -0.123. The molecule has 3 heterocycles. The Hall–Kier alpha value is -1.92. The lowest BCUT2D eigenvalue weighted by Gasteiger charge is -2.21. The number of hydrogen-bond acceptors (Lipinski definition) is 4. The fourth-order valence-electron chi connectivity index (χ4n) is 3.37. The second-order valence-electron chi connectivity index (χ2n) is 6.67. The summed E-state index contributed by atoms with van der Waals surface area (Å²) in [6.07, 6.45) is 1.89. The van der Waals surface area contributed by atoms with Crippen molar-refractivity contribution in [2.45, 2.75) is 38.1 Å². The van der Waals surface area contributed by atoms with E-state index in [1.807, 2.05) is 23.1 Å². The summed E-state index contributed by atoms with van der Waals surface area (Å²) in [4.78, 5) is 15.3. The molecule has 1 unspecified atom stereocenters. The van der Waals surface area contributed by atoms with Gasteiger partial charge in [-0.15, -0.1) is 22.7 Å². The van der Waals surface area contributed by atoms with Crippen molar-refractivity contribution in [2.75, 3.05) is 6.54 Å². The number of rotatable bonds is 6. The highest BCUT2D eigenvalue weighted by molar-refractivity contribution is 7.10. The number of carbonyl (C=O) groups excluding carboxylic acids is 1. The van der Waals surface area contributed by atoms with Crippen molar-refractivity contribution < 1.29 is 4.79 Å². The summed E-state index contributed by atoms with van der Waals surface area (Å²) < 4.78 is 2.03. The van der Waals surface area contributed by atoms with Crippen LogP contribution in [0.3, 0.4) is 0 Å². The van der Waals surface area contributed by atoms with E-state index in [1.54, 1.807) is 22.7 Å². The van der Waals surface area contributed by atoms with Crippen molar-refractivity contribution in [2.24, 2.45) is 0 Å². The molecular weight excluding hydrogens is 350 g/mol. The van der Waals surface area contributed by atoms with Gasteiger partial charge in [0.2, 0.25) is 5.91 Å². The second kappa shape index (κ2) is 6.42. The second-order valence-corrected chi connectivity index (χ2v) is 8.60. The highest BCUT2D eigenvalue weighted by Crippen LogP contribution is 2.50. The molecule has 25 heavy (non-hydrogen) atoms. The van der Waals surface area contributed by atoms with Crippen LogP contribution in [0.5, 0.6) is 0 Å². The summed E-state index contributed by atoms with van der Waals surface area (Å²) in [5.41, 5.74) is 1.83. The van der Waals surface area contributed by atoms with Crippen LogP contribution in [0.1, 0.15) is 40.0 Å². The van der Waals surface area contributed by atoms with Crippen LogP contribution >= 0.6 is 22.7 Å². The van der Waals surface area contributed by atoms with Gasteiger partial charge in [-0.1, -0.05) is 12.1 Å². The van der Waals surface area contributed by atoms with Gasteiger partial charge < -0.3 is 5.32 Å². The summed E-state index contributed by atoms with van der Waals surface area (Å²) in [7, 11) is 0. The van der Waals surface area contributed by atoms with Gasteiger partial charge in [0, 0.05) is 22.0 Å². The van der Waals surface area contributed by atoms with Crippen LogP contribution < -0.4 is 5.32 Å². The Morgan fingerprint density at radius 2 is 2.04 bits per heavy atom. The minimum absolute atomic E-state index is 0.0387. The zero-order valence-electron chi connectivity index (χ0n) is 14.4. The quantitative estimate of drug-likeness (QED) is 0.710. The van der Waals surface area contributed by atoms with E-state index in [-0.39, 0.29) is 17.4 Å². The highest BCUT2D eigenvalue weighted by atomic mass is 32.1. The number of aryl methyl sites for hydroxylation is 2. The Balaban J connectivity index is 1.54. The number of nitrogens with one attached hydrogen (secondary N) is 1. The van der Waals surface area contributed by atoms with Crippen LogP contribution in [0.4, 0.5) is 0 Å². The Morgan fingerprint density at radius 1 is 1.28 bits per heavy atom. The fourth-order valence-corrected chi connectivity index (χ4v) is 5.16. The van der Waals surface area contributed by atoms with Gasteiger partial charge in [0.25, 0.3) is 0 Å². The van der Waals surface area contributed by atoms with E-state index in [9.17, 15) is 4.79 Å². The first-order valence-electron chi connectivity index (χ1n) is 8.48. The monoisotopic (exact) mass is 371 g/mol. The molecule has 130 valence electrons. The molecule has 1 amide bonds. The number of thiophene rings is 2. The molecule has 3 aromatic rings. The summed E-state index contributed by atoms with van der Waals surface area (Å²) >= 11 is 3.38. The summed E-state index contributed by atoms with van der Waals surface area (Å²) in [6, 6.07) is 10.4. The van der Waals surface area contributed by atoms with Gasteiger partial charge in [0.1, 0.15) is 6.04 Å². The third kappa shape index (κ3) is 3.04. The minimum Gasteiger partial charge on any atom is -0.353 e. The molecule has 0 radical (unpaired) electrons. The number of amides is 1. The molecule has 6 heteroatoms. The Labute approximate surface area is 155 Å². The van der Waals surface area contributed by atoms with Crippen molar-refractivity contribution in [3.05, 3.63) is 62.2 Å². The smallest absolute Gasteiger partial charge is 0.231 e. The minimum atomic E-state index is -0.288. The molecule has 1 aliphatic rings. The lowest BCUT2D eigenvalue weighted by atomic mass is 10.0. The molecule has 4 nitrogen and oxygen atoms in total. The Morgan fingerprint density at radius 3 is 2.60 bits per heavy atom. The third-order valence-corrected chi connectivity index (χ3v) is 6.89. The van der Waals surface area contributed by atoms with E-state index in [0.29, 0.717) is 6.54 Å². The Bertz CT molecular complexity index is 861. The van der Waals surface area contributed by atoms with Crippen molar-refractivity contribution >= 4 is 28.6 Å². The molecule has 3 aromatic heterocycles. The third-order valence-electron chi connectivity index (χ3n) is 4.84. The molecule has 1 aliphatic carbocycles. The van der Waals surface area contributed by atoms with E-state index in [2.05, 4.69) is 47.0 Å². The average molecular weight is 372 g/mol. The molecule has 1 fully saturated rings. The van der Waals surface area contributed by atoms with Crippen LogP contribution in [0.2, 0.25) is 0 Å². The predicted molar refractivity (Wildman–Crippen MR) is 102 cm³/mol. The fraction of sp³-hybridized carbons (Fsp3) is 0.368. The summed E-state index contributed by atoms with van der Waals surface area (Å²) in [6.45, 7) is 4.63. The first-order chi connectivity index (χ1) is 12.1. The average Bonchev–Trinajstić information content (AvgIpc) is 3.02. The largest absolute Gasteiger partial charge is 0.353 e. The number of nitrogens with zero attached hydrogens (tertiary/aromatic N) is 2. The van der Waals surface area contributed by atoms with Gasteiger partial charge in [-0.3, -0.25) is 9.48 Å². The first-order valence-corrected chi connectivity index (χ1v) is 10.2. The molecule has 0 bridgehead atoms. The molecule has 0 spiro atoms. The van der Waals surface area contributed by atoms with E-state index in [4.69, 9.17) is 0 Å². The Kier molecular flexibility index (Phi) is 4.25. The maximum absolute atomic E-state index is 12.9. The maximum Gasteiger partial charge on any atom is 0.231 e. The van der Waals surface area contributed by atoms with Crippen LogP contribution in [-0.2, 0) is 10.2 Å². The summed E-state index contributed by atoms with van der Waals surface area (Å²) in [5.74, 6) is 0.151. The van der Waals surface area contributed by atoms with Gasteiger partial charge in [0.15, 0.2) is 0 Å². The molecule has 1 saturated carbocycles. The van der Waals surface area contributed by atoms with Gasteiger partial charge >= 0.3 is 0 Å². The van der Waals surface area contributed by atoms with E-state index in [1.165, 1.54) is 9.75 Å². The van der Waals surface area contributed by atoms with E-state index < -0.39 is 0 Å². The standard InChI is InChI=1S/C19H21N3OS2/c1-13-11-14(2)22(21-13)15(16-5-3-9-24-16)12-20-18(23)19(7-8-19)17-6-4-10-25-17/h3-6,9-11,15H,7-8,12H2,1-2H3,(H,20,23). The van der Waals surface area contributed by atoms with Crippen LogP contribution in [0.25, 0.3) is 0 Å². The highest BCUT2D eigenvalue weighted by Gasteiger charge is 2.52. The van der Waals surface area contributed by atoms with Gasteiger partial charge in [-0.05, 0) is 55.6 Å². The van der Waals surface area contributed by atoms with Crippen molar-refractivity contribution in [1.82, 2.24) is 15.1 Å². The van der Waals surface area contributed by atoms with Crippen LogP contribution in [0, 0.1) is 13.8 Å². The van der Waals surface area contributed by atoms with E-state index >= 15 is 0 Å². The number of aromatic nitrogens is 2. The maximum atomic E-state index is 12.9. The molecule has 1 N–H and O–H groups in total. The number of carbonyl (C=O) groups is 1. The molecule has 0 saturated heterocycles. The lowest BCUT2D eigenvalue weighted by Crippen LogP contribution is -2.38. The van der Waals surface area contributed by atoms with Crippen LogP contribution in [0.15, 0.2) is 41.1 Å². The topological polar surface area (TPSA) is 46.9 Å².